The van der Waals surface area contributed by atoms with Crippen LogP contribution in [0.4, 0.5) is 0 Å². The maximum absolute atomic E-state index is 8.99. The Hall–Kier alpha value is -0.610. The lowest BCUT2D eigenvalue weighted by Crippen LogP contribution is -2.45. The molecule has 2 N–H and O–H groups in total. The molecule has 0 amide bonds. The van der Waals surface area contributed by atoms with Gasteiger partial charge in [-0.25, -0.2) is 0 Å². The molecule has 0 radical (unpaired) electrons. The summed E-state index contributed by atoms with van der Waals surface area (Å²) in [4.78, 5) is 4.32. The predicted octanol–water partition coefficient (Wildman–Crippen LogP) is 0.954. The fourth-order valence-corrected chi connectivity index (χ4v) is 2.30. The van der Waals surface area contributed by atoms with Crippen molar-refractivity contribution in [3.63, 3.8) is 0 Å². The van der Waals surface area contributed by atoms with Gasteiger partial charge in [0.25, 0.3) is 0 Å². The van der Waals surface area contributed by atoms with Crippen molar-refractivity contribution in [3.8, 4) is 0 Å². The Balaban J connectivity index is 2.17. The second-order valence-corrected chi connectivity index (χ2v) is 3.84. The third-order valence-electron chi connectivity index (χ3n) is 3.14. The molecule has 1 fully saturated rings. The van der Waals surface area contributed by atoms with Crippen LogP contribution in [0.15, 0.2) is 4.99 Å². The molecule has 1 spiro atoms. The maximum atomic E-state index is 8.99. The summed E-state index contributed by atoms with van der Waals surface area (Å²) in [6, 6.07) is 0. The third kappa shape index (κ3) is 1.56. The first-order valence-corrected chi connectivity index (χ1v) is 4.90. The van der Waals surface area contributed by atoms with E-state index in [1.807, 2.05) is 0 Å². The van der Waals surface area contributed by atoms with Crippen molar-refractivity contribution in [2.45, 2.75) is 25.7 Å². The standard InChI is InChI=1S/C9H16N2O2/c12-11-8-9(2-1-5-10-8)3-6-13-7-4-9/h12H,1-7H2,(H,10,11). The van der Waals surface area contributed by atoms with Crippen molar-refractivity contribution in [2.24, 2.45) is 10.4 Å². The van der Waals surface area contributed by atoms with Crippen LogP contribution < -0.4 is 5.48 Å². The zero-order valence-corrected chi connectivity index (χ0v) is 7.75. The first kappa shape index (κ1) is 8.97. The molecule has 0 aliphatic carbocycles. The molecule has 0 aromatic carbocycles. The molecule has 2 aliphatic rings. The predicted molar refractivity (Wildman–Crippen MR) is 48.9 cm³/mol. The first-order chi connectivity index (χ1) is 6.37. The van der Waals surface area contributed by atoms with Crippen molar-refractivity contribution in [1.82, 2.24) is 5.48 Å². The average Bonchev–Trinajstić information content (AvgIpc) is 2.20. The Bertz CT molecular complexity index is 210. The van der Waals surface area contributed by atoms with Gasteiger partial charge in [0.05, 0.1) is 0 Å². The van der Waals surface area contributed by atoms with Crippen molar-refractivity contribution in [3.05, 3.63) is 0 Å². The molecule has 0 saturated carbocycles. The SMILES string of the molecule is ONC1=NCCCC12CCOCC2. The summed E-state index contributed by atoms with van der Waals surface area (Å²) < 4.78 is 5.33. The first-order valence-electron chi connectivity index (χ1n) is 4.90. The maximum Gasteiger partial charge on any atom is 0.126 e. The zero-order chi connectivity index (χ0) is 9.15. The fraction of sp³-hybridized carbons (Fsp3) is 0.889. The highest BCUT2D eigenvalue weighted by Gasteiger charge is 2.38. The number of hydrogen-bond acceptors (Lipinski definition) is 4. The monoisotopic (exact) mass is 184 g/mol. The van der Waals surface area contributed by atoms with E-state index in [0.29, 0.717) is 0 Å². The van der Waals surface area contributed by atoms with Crippen LogP contribution in [0.25, 0.3) is 0 Å². The number of nitrogens with zero attached hydrogens (tertiary/aromatic N) is 1. The van der Waals surface area contributed by atoms with E-state index in [4.69, 9.17) is 9.94 Å². The summed E-state index contributed by atoms with van der Waals surface area (Å²) >= 11 is 0. The molecule has 0 unspecified atom stereocenters. The van der Waals surface area contributed by atoms with Gasteiger partial charge in [-0.1, -0.05) is 0 Å². The van der Waals surface area contributed by atoms with Crippen molar-refractivity contribution in [1.29, 1.82) is 0 Å². The Labute approximate surface area is 78.0 Å². The topological polar surface area (TPSA) is 53.8 Å². The van der Waals surface area contributed by atoms with Gasteiger partial charge in [-0.15, -0.1) is 0 Å². The molecule has 4 nitrogen and oxygen atoms in total. The number of hydrogen-bond donors (Lipinski definition) is 2. The number of amidine groups is 1. The molecular formula is C9H16N2O2. The van der Waals surface area contributed by atoms with Crippen LogP contribution in [0.1, 0.15) is 25.7 Å². The summed E-state index contributed by atoms with van der Waals surface area (Å²) in [5.74, 6) is 0.780. The minimum atomic E-state index is 0.0885. The molecule has 0 aromatic rings. The highest BCUT2D eigenvalue weighted by atomic mass is 16.5. The Morgan fingerprint density at radius 1 is 1.31 bits per heavy atom. The molecule has 74 valence electrons. The quantitative estimate of drug-likeness (QED) is 0.551. The average molecular weight is 184 g/mol. The van der Waals surface area contributed by atoms with Gasteiger partial charge in [-0.3, -0.25) is 15.7 Å². The van der Waals surface area contributed by atoms with Crippen LogP contribution in [-0.4, -0.2) is 30.8 Å². The largest absolute Gasteiger partial charge is 0.381 e. The molecule has 0 atom stereocenters. The second kappa shape index (κ2) is 3.64. The van der Waals surface area contributed by atoms with Gasteiger partial charge in [0.15, 0.2) is 0 Å². The number of hydroxylamine groups is 1. The van der Waals surface area contributed by atoms with Crippen LogP contribution in [0.5, 0.6) is 0 Å². The van der Waals surface area contributed by atoms with Crippen LogP contribution >= 0.6 is 0 Å². The molecule has 4 heteroatoms. The van der Waals surface area contributed by atoms with Gasteiger partial charge >= 0.3 is 0 Å². The molecule has 0 bridgehead atoms. The van der Waals surface area contributed by atoms with Gasteiger partial charge in [-0.2, -0.15) is 0 Å². The van der Waals surface area contributed by atoms with E-state index < -0.39 is 0 Å². The van der Waals surface area contributed by atoms with Gasteiger partial charge in [-0.05, 0) is 25.7 Å². The summed E-state index contributed by atoms with van der Waals surface area (Å²) in [6.07, 6.45) is 4.23. The Morgan fingerprint density at radius 2 is 2.08 bits per heavy atom. The molecule has 1 saturated heterocycles. The van der Waals surface area contributed by atoms with Crippen molar-refractivity contribution < 1.29 is 9.94 Å². The molecule has 0 aromatic heterocycles. The van der Waals surface area contributed by atoms with E-state index in [-0.39, 0.29) is 5.41 Å². The molecule has 2 heterocycles. The van der Waals surface area contributed by atoms with Gasteiger partial charge in [0, 0.05) is 25.2 Å². The number of rotatable bonds is 0. The van der Waals surface area contributed by atoms with Crippen LogP contribution in [0, 0.1) is 5.41 Å². The Kier molecular flexibility index (Phi) is 2.51. The lowest BCUT2D eigenvalue weighted by atomic mass is 9.74. The van der Waals surface area contributed by atoms with Gasteiger partial charge < -0.3 is 4.74 Å². The zero-order valence-electron chi connectivity index (χ0n) is 7.75. The lowest BCUT2D eigenvalue weighted by Gasteiger charge is -2.39. The van der Waals surface area contributed by atoms with E-state index in [2.05, 4.69) is 10.5 Å². The van der Waals surface area contributed by atoms with E-state index in [1.165, 1.54) is 0 Å². The van der Waals surface area contributed by atoms with Crippen LogP contribution in [-0.2, 0) is 4.74 Å². The van der Waals surface area contributed by atoms with Gasteiger partial charge in [0.1, 0.15) is 5.84 Å². The highest BCUT2D eigenvalue weighted by Crippen LogP contribution is 2.38. The van der Waals surface area contributed by atoms with E-state index in [0.717, 1.165) is 51.3 Å². The van der Waals surface area contributed by atoms with E-state index in [1.54, 1.807) is 0 Å². The second-order valence-electron chi connectivity index (χ2n) is 3.84. The minimum absolute atomic E-state index is 0.0885. The smallest absolute Gasteiger partial charge is 0.126 e. The summed E-state index contributed by atoms with van der Waals surface area (Å²) in [6.45, 7) is 2.42. The normalized spacial score (nSPS) is 27.0. The minimum Gasteiger partial charge on any atom is -0.381 e. The fourth-order valence-electron chi connectivity index (χ4n) is 2.30. The summed E-state index contributed by atoms with van der Waals surface area (Å²) in [5, 5.41) is 8.99. The highest BCUT2D eigenvalue weighted by molar-refractivity contribution is 5.87. The molecular weight excluding hydrogens is 168 g/mol. The van der Waals surface area contributed by atoms with Gasteiger partial charge in [0.2, 0.25) is 0 Å². The van der Waals surface area contributed by atoms with Crippen LogP contribution in [0.2, 0.25) is 0 Å². The van der Waals surface area contributed by atoms with E-state index in [9.17, 15) is 0 Å². The Morgan fingerprint density at radius 3 is 2.77 bits per heavy atom. The van der Waals surface area contributed by atoms with Crippen LogP contribution in [0.3, 0.4) is 0 Å². The third-order valence-corrected chi connectivity index (χ3v) is 3.14. The summed E-state index contributed by atoms with van der Waals surface area (Å²) in [5.41, 5.74) is 2.35. The molecule has 2 rings (SSSR count). The van der Waals surface area contributed by atoms with Crippen molar-refractivity contribution >= 4 is 5.84 Å². The number of ether oxygens (including phenoxy) is 1. The molecule has 2 aliphatic heterocycles. The molecule has 13 heavy (non-hydrogen) atoms. The van der Waals surface area contributed by atoms with E-state index >= 15 is 0 Å². The number of aliphatic imine (C=N–C) groups is 1. The number of nitrogens with one attached hydrogen (secondary N) is 1. The van der Waals surface area contributed by atoms with Crippen molar-refractivity contribution in [2.75, 3.05) is 19.8 Å². The summed E-state index contributed by atoms with van der Waals surface area (Å²) in [7, 11) is 0. The lowest BCUT2D eigenvalue weighted by molar-refractivity contribution is 0.0335.